The number of carbonyl (C=O) groups excluding carboxylic acids is 1. The molecule has 1 saturated carbocycles. The number of carbonyl (C=O) groups is 2. The van der Waals surface area contributed by atoms with Crippen molar-refractivity contribution < 1.29 is 14.7 Å². The van der Waals surface area contributed by atoms with E-state index in [2.05, 4.69) is 22.6 Å². The Balaban J connectivity index is 1.88. The van der Waals surface area contributed by atoms with E-state index in [0.717, 1.165) is 39.0 Å². The normalized spacial score (nSPS) is 31.6. The molecule has 0 spiro atoms. The van der Waals surface area contributed by atoms with E-state index >= 15 is 0 Å². The molecule has 1 heterocycles. The molecule has 2 aliphatic rings. The molecule has 1 aliphatic carbocycles. The molecule has 0 atom stereocenters. The lowest BCUT2D eigenvalue weighted by molar-refractivity contribution is -0.146. The number of amides is 2. The van der Waals surface area contributed by atoms with Crippen molar-refractivity contribution in [3.8, 4) is 0 Å². The van der Waals surface area contributed by atoms with Crippen LogP contribution in [0.3, 0.4) is 0 Å². The second-order valence-electron chi connectivity index (χ2n) is 6.43. The number of rotatable bonds is 3. The molecule has 3 N–H and O–H groups in total. The number of hydrogen-bond acceptors (Lipinski definition) is 4. The van der Waals surface area contributed by atoms with Crippen LogP contribution in [0.15, 0.2) is 0 Å². The van der Waals surface area contributed by atoms with Gasteiger partial charge in [-0.1, -0.05) is 6.92 Å². The molecule has 0 aromatic heterocycles. The average molecular weight is 298 g/mol. The third-order valence-corrected chi connectivity index (χ3v) is 4.65. The Labute approximate surface area is 125 Å². The minimum Gasteiger partial charge on any atom is -0.480 e. The van der Waals surface area contributed by atoms with Gasteiger partial charge in [0.25, 0.3) is 0 Å². The lowest BCUT2D eigenvalue weighted by Gasteiger charge is -2.38. The Morgan fingerprint density at radius 3 is 2.24 bits per heavy atom. The molecular weight excluding hydrogens is 272 g/mol. The summed E-state index contributed by atoms with van der Waals surface area (Å²) in [6.07, 6.45) is 2.67. The van der Waals surface area contributed by atoms with Crippen molar-refractivity contribution in [3.05, 3.63) is 0 Å². The maximum Gasteiger partial charge on any atom is 0.330 e. The van der Waals surface area contributed by atoms with Gasteiger partial charge < -0.3 is 15.3 Å². The molecular formula is C14H26N4O3. The van der Waals surface area contributed by atoms with Gasteiger partial charge in [0, 0.05) is 26.2 Å². The van der Waals surface area contributed by atoms with Crippen LogP contribution in [-0.4, -0.2) is 65.8 Å². The van der Waals surface area contributed by atoms with E-state index in [0.29, 0.717) is 18.8 Å². The van der Waals surface area contributed by atoms with Gasteiger partial charge in [-0.25, -0.2) is 14.6 Å². The highest BCUT2D eigenvalue weighted by Crippen LogP contribution is 2.32. The van der Waals surface area contributed by atoms with Crippen LogP contribution in [0.25, 0.3) is 0 Å². The van der Waals surface area contributed by atoms with Crippen molar-refractivity contribution in [2.24, 2.45) is 5.92 Å². The maximum absolute atomic E-state index is 12.1. The third kappa shape index (κ3) is 4.07. The van der Waals surface area contributed by atoms with E-state index in [4.69, 9.17) is 0 Å². The highest BCUT2D eigenvalue weighted by atomic mass is 16.4. The van der Waals surface area contributed by atoms with Gasteiger partial charge in [0.1, 0.15) is 5.54 Å². The van der Waals surface area contributed by atoms with Crippen LogP contribution in [-0.2, 0) is 4.79 Å². The maximum atomic E-state index is 12.1. The molecule has 1 aliphatic heterocycles. The number of aliphatic carboxylic acids is 1. The van der Waals surface area contributed by atoms with Crippen LogP contribution in [0.1, 0.15) is 32.6 Å². The summed E-state index contributed by atoms with van der Waals surface area (Å²) in [6.45, 7) is 5.40. The second kappa shape index (κ2) is 6.62. The predicted molar refractivity (Wildman–Crippen MR) is 78.7 cm³/mol. The van der Waals surface area contributed by atoms with Gasteiger partial charge in [0.05, 0.1) is 0 Å². The van der Waals surface area contributed by atoms with Crippen LogP contribution >= 0.6 is 0 Å². The SMILES string of the molecule is CC1CCC(NC(=O)NN2CCN(C)CC2)(C(=O)O)CC1. The molecule has 120 valence electrons. The lowest BCUT2D eigenvalue weighted by Crippen LogP contribution is -2.62. The molecule has 2 rings (SSSR count). The van der Waals surface area contributed by atoms with E-state index < -0.39 is 17.5 Å². The summed E-state index contributed by atoms with van der Waals surface area (Å²) >= 11 is 0. The number of urea groups is 1. The Morgan fingerprint density at radius 1 is 1.14 bits per heavy atom. The monoisotopic (exact) mass is 298 g/mol. The van der Waals surface area contributed by atoms with Gasteiger partial charge in [0.2, 0.25) is 0 Å². The Kier molecular flexibility index (Phi) is 5.05. The number of nitrogens with zero attached hydrogens (tertiary/aromatic N) is 2. The van der Waals surface area contributed by atoms with Crippen molar-refractivity contribution in [1.82, 2.24) is 20.7 Å². The minimum absolute atomic E-state index is 0.406. The summed E-state index contributed by atoms with van der Waals surface area (Å²) < 4.78 is 0. The molecule has 21 heavy (non-hydrogen) atoms. The molecule has 0 bridgehead atoms. The number of carboxylic acid groups (broad SMARTS) is 1. The first-order valence-corrected chi connectivity index (χ1v) is 7.67. The summed E-state index contributed by atoms with van der Waals surface area (Å²) in [5, 5.41) is 14.1. The van der Waals surface area contributed by atoms with E-state index in [1.54, 1.807) is 0 Å². The van der Waals surface area contributed by atoms with Gasteiger partial charge in [-0.05, 0) is 38.6 Å². The van der Waals surface area contributed by atoms with Crippen LogP contribution in [0, 0.1) is 5.92 Å². The first kappa shape index (κ1) is 16.0. The Morgan fingerprint density at radius 2 is 1.71 bits per heavy atom. The number of likely N-dealkylation sites (N-methyl/N-ethyl adjacent to an activating group) is 1. The van der Waals surface area contributed by atoms with Crippen LogP contribution < -0.4 is 10.7 Å². The minimum atomic E-state index is -1.11. The molecule has 0 unspecified atom stereocenters. The topological polar surface area (TPSA) is 84.9 Å². The highest BCUT2D eigenvalue weighted by Gasteiger charge is 2.42. The summed E-state index contributed by atoms with van der Waals surface area (Å²) in [7, 11) is 2.04. The number of carboxylic acids is 1. The smallest absolute Gasteiger partial charge is 0.330 e. The van der Waals surface area contributed by atoms with Gasteiger partial charge >= 0.3 is 12.0 Å². The average Bonchev–Trinajstić information content (AvgIpc) is 2.44. The van der Waals surface area contributed by atoms with Crippen molar-refractivity contribution in [2.75, 3.05) is 33.2 Å². The summed E-state index contributed by atoms with van der Waals surface area (Å²) in [5.41, 5.74) is 1.66. The molecule has 7 heteroatoms. The molecule has 0 aromatic carbocycles. The zero-order chi connectivity index (χ0) is 15.5. The van der Waals surface area contributed by atoms with Crippen LogP contribution in [0.2, 0.25) is 0 Å². The number of hydrazine groups is 1. The zero-order valence-electron chi connectivity index (χ0n) is 12.9. The standard InChI is InChI=1S/C14H26N4O3/c1-11-3-5-14(6-4-11,12(19)20)15-13(21)16-18-9-7-17(2)8-10-18/h11H,3-10H2,1-2H3,(H,19,20)(H2,15,16,21). The van der Waals surface area contributed by atoms with E-state index in [1.807, 2.05) is 12.1 Å². The largest absolute Gasteiger partial charge is 0.480 e. The van der Waals surface area contributed by atoms with Crippen molar-refractivity contribution in [2.45, 2.75) is 38.1 Å². The molecule has 0 aromatic rings. The fourth-order valence-electron chi connectivity index (χ4n) is 2.95. The van der Waals surface area contributed by atoms with Gasteiger partial charge in [-0.3, -0.25) is 5.43 Å². The summed E-state index contributed by atoms with van der Waals surface area (Å²) in [6, 6.07) is -0.406. The number of piperazine rings is 1. The zero-order valence-corrected chi connectivity index (χ0v) is 12.9. The van der Waals surface area contributed by atoms with Gasteiger partial charge in [-0.2, -0.15) is 0 Å². The first-order valence-electron chi connectivity index (χ1n) is 7.67. The quantitative estimate of drug-likeness (QED) is 0.706. The number of nitrogens with one attached hydrogen (secondary N) is 2. The predicted octanol–water partition coefficient (Wildman–Crippen LogP) is 0.482. The summed E-state index contributed by atoms with van der Waals surface area (Å²) in [5.74, 6) is -0.400. The first-order chi connectivity index (χ1) is 9.91. The molecule has 0 radical (unpaired) electrons. The van der Waals surface area contributed by atoms with Gasteiger partial charge in [0.15, 0.2) is 0 Å². The number of hydrogen-bond donors (Lipinski definition) is 3. The molecule has 7 nitrogen and oxygen atoms in total. The molecule has 1 saturated heterocycles. The Bertz CT molecular complexity index is 386. The van der Waals surface area contributed by atoms with Crippen LogP contribution in [0.5, 0.6) is 0 Å². The van der Waals surface area contributed by atoms with E-state index in [-0.39, 0.29) is 0 Å². The van der Waals surface area contributed by atoms with Crippen molar-refractivity contribution >= 4 is 12.0 Å². The fourth-order valence-corrected chi connectivity index (χ4v) is 2.95. The Hall–Kier alpha value is -1.34. The highest BCUT2D eigenvalue weighted by molar-refractivity contribution is 5.86. The summed E-state index contributed by atoms with van der Waals surface area (Å²) in [4.78, 5) is 25.9. The fraction of sp³-hybridized carbons (Fsp3) is 0.857. The van der Waals surface area contributed by atoms with Gasteiger partial charge in [-0.15, -0.1) is 0 Å². The molecule has 2 amide bonds. The van der Waals surface area contributed by atoms with Crippen LogP contribution in [0.4, 0.5) is 4.79 Å². The second-order valence-corrected chi connectivity index (χ2v) is 6.43. The van der Waals surface area contributed by atoms with Crippen molar-refractivity contribution in [3.63, 3.8) is 0 Å². The van der Waals surface area contributed by atoms with E-state index in [9.17, 15) is 14.7 Å². The van der Waals surface area contributed by atoms with Crippen molar-refractivity contribution in [1.29, 1.82) is 0 Å². The lowest BCUT2D eigenvalue weighted by atomic mass is 9.77. The van der Waals surface area contributed by atoms with E-state index in [1.165, 1.54) is 0 Å². The third-order valence-electron chi connectivity index (χ3n) is 4.65. The molecule has 2 fully saturated rings.